The van der Waals surface area contributed by atoms with Gasteiger partial charge in [0.15, 0.2) is 0 Å². The van der Waals surface area contributed by atoms with Gasteiger partial charge in [-0.05, 0) is 19.1 Å². The Kier molecular flexibility index (Phi) is 3.00. The summed E-state index contributed by atoms with van der Waals surface area (Å²) in [5.41, 5.74) is 0.170. The van der Waals surface area contributed by atoms with Crippen LogP contribution < -0.4 is 5.32 Å². The van der Waals surface area contributed by atoms with Crippen LogP contribution in [0.5, 0.6) is 0 Å². The highest BCUT2D eigenvalue weighted by Crippen LogP contribution is 2.34. The molecule has 21 heavy (non-hydrogen) atoms. The van der Waals surface area contributed by atoms with Gasteiger partial charge in [-0.3, -0.25) is 0 Å². The van der Waals surface area contributed by atoms with Crippen molar-refractivity contribution in [2.24, 2.45) is 0 Å². The number of aromatic nitrogens is 4. The van der Waals surface area contributed by atoms with E-state index in [0.29, 0.717) is 11.3 Å². The molecule has 0 aliphatic carbocycles. The van der Waals surface area contributed by atoms with Crippen molar-refractivity contribution >= 4 is 22.5 Å². The predicted octanol–water partition coefficient (Wildman–Crippen LogP) is 3.42. The summed E-state index contributed by atoms with van der Waals surface area (Å²) >= 11 is 0. The van der Waals surface area contributed by atoms with E-state index in [2.05, 4.69) is 25.3 Å². The average Bonchev–Trinajstić information content (AvgIpc) is 2.84. The molecule has 0 spiro atoms. The van der Waals surface area contributed by atoms with Crippen LogP contribution in [0.2, 0.25) is 0 Å². The van der Waals surface area contributed by atoms with E-state index >= 15 is 0 Å². The molecule has 0 radical (unpaired) electrons. The lowest BCUT2D eigenvalue weighted by molar-refractivity contribution is -0.137. The quantitative estimate of drug-likeness (QED) is 0.759. The van der Waals surface area contributed by atoms with Gasteiger partial charge in [-0.1, -0.05) is 0 Å². The molecule has 3 heterocycles. The standard InChI is InChI=1S/C13H10F3N5/c1-7-18-6-10(13(14,15)16)12(20-7)21-9-4-8-2-3-17-11(8)19-5-9/h2-6H,1H3,(H,17,19)(H,18,20,21). The number of H-pyrrole nitrogens is 1. The maximum absolute atomic E-state index is 12.9. The van der Waals surface area contributed by atoms with E-state index in [1.165, 1.54) is 13.1 Å². The fraction of sp³-hybridized carbons (Fsp3) is 0.154. The van der Waals surface area contributed by atoms with Gasteiger partial charge in [-0.25, -0.2) is 15.0 Å². The van der Waals surface area contributed by atoms with E-state index in [9.17, 15) is 13.2 Å². The summed E-state index contributed by atoms with van der Waals surface area (Å²) in [5.74, 6) is -0.0344. The Morgan fingerprint density at radius 1 is 1.19 bits per heavy atom. The maximum atomic E-state index is 12.9. The molecule has 0 saturated carbocycles. The van der Waals surface area contributed by atoms with Crippen LogP contribution in [-0.2, 0) is 6.18 Å². The van der Waals surface area contributed by atoms with Gasteiger partial charge in [0.2, 0.25) is 0 Å². The molecule has 0 aromatic carbocycles. The molecule has 108 valence electrons. The number of alkyl halides is 3. The summed E-state index contributed by atoms with van der Waals surface area (Å²) in [5, 5.41) is 3.45. The Morgan fingerprint density at radius 3 is 2.76 bits per heavy atom. The van der Waals surface area contributed by atoms with Crippen molar-refractivity contribution in [1.29, 1.82) is 0 Å². The second-order valence-electron chi connectivity index (χ2n) is 4.44. The highest BCUT2D eigenvalue weighted by Gasteiger charge is 2.35. The van der Waals surface area contributed by atoms with Crippen LogP contribution >= 0.6 is 0 Å². The monoisotopic (exact) mass is 293 g/mol. The van der Waals surface area contributed by atoms with Crippen molar-refractivity contribution < 1.29 is 13.2 Å². The second-order valence-corrected chi connectivity index (χ2v) is 4.44. The van der Waals surface area contributed by atoms with Crippen molar-refractivity contribution in [3.63, 3.8) is 0 Å². The molecule has 0 amide bonds. The molecular formula is C13H10F3N5. The van der Waals surface area contributed by atoms with Crippen molar-refractivity contribution in [3.8, 4) is 0 Å². The third-order valence-electron chi connectivity index (χ3n) is 2.88. The lowest BCUT2D eigenvalue weighted by atomic mass is 10.2. The summed E-state index contributed by atoms with van der Waals surface area (Å²) < 4.78 is 38.8. The zero-order valence-corrected chi connectivity index (χ0v) is 10.9. The molecule has 3 aromatic heterocycles. The van der Waals surface area contributed by atoms with Gasteiger partial charge in [0.25, 0.3) is 0 Å². The smallest absolute Gasteiger partial charge is 0.346 e. The molecule has 3 aromatic rings. The number of aromatic amines is 1. The Bertz CT molecular complexity index is 794. The number of anilines is 2. The molecule has 3 rings (SSSR count). The Balaban J connectivity index is 2.02. The third-order valence-corrected chi connectivity index (χ3v) is 2.88. The van der Waals surface area contributed by atoms with E-state index in [1.54, 1.807) is 18.3 Å². The van der Waals surface area contributed by atoms with Gasteiger partial charge in [0.05, 0.1) is 11.9 Å². The van der Waals surface area contributed by atoms with Crippen LogP contribution in [0.4, 0.5) is 24.7 Å². The minimum Gasteiger partial charge on any atom is -0.346 e. The highest BCUT2D eigenvalue weighted by molar-refractivity contribution is 5.80. The van der Waals surface area contributed by atoms with E-state index in [1.807, 2.05) is 0 Å². The van der Waals surface area contributed by atoms with E-state index in [0.717, 1.165) is 11.6 Å². The van der Waals surface area contributed by atoms with Gasteiger partial charge in [0, 0.05) is 17.8 Å². The normalized spacial score (nSPS) is 11.8. The first-order valence-corrected chi connectivity index (χ1v) is 6.04. The van der Waals surface area contributed by atoms with Gasteiger partial charge >= 0.3 is 6.18 Å². The van der Waals surface area contributed by atoms with Crippen LogP contribution in [-0.4, -0.2) is 19.9 Å². The maximum Gasteiger partial charge on any atom is 0.421 e. The van der Waals surface area contributed by atoms with E-state index in [4.69, 9.17) is 0 Å². The van der Waals surface area contributed by atoms with Crippen LogP contribution in [0.3, 0.4) is 0 Å². The van der Waals surface area contributed by atoms with Gasteiger partial charge in [-0.2, -0.15) is 13.2 Å². The first-order chi connectivity index (χ1) is 9.93. The topological polar surface area (TPSA) is 66.5 Å². The number of pyridine rings is 1. The number of hydrogen-bond acceptors (Lipinski definition) is 4. The molecule has 0 unspecified atom stereocenters. The minimum absolute atomic E-state index is 0.251. The van der Waals surface area contributed by atoms with Crippen molar-refractivity contribution in [3.05, 3.63) is 42.1 Å². The van der Waals surface area contributed by atoms with Crippen molar-refractivity contribution in [2.75, 3.05) is 5.32 Å². The second kappa shape index (κ2) is 4.72. The van der Waals surface area contributed by atoms with Gasteiger partial charge in [-0.15, -0.1) is 0 Å². The summed E-state index contributed by atoms with van der Waals surface area (Å²) in [4.78, 5) is 14.4. The molecule has 0 bridgehead atoms. The molecule has 5 nitrogen and oxygen atoms in total. The predicted molar refractivity (Wildman–Crippen MR) is 71.1 cm³/mol. The van der Waals surface area contributed by atoms with Gasteiger partial charge < -0.3 is 10.3 Å². The number of fused-ring (bicyclic) bond motifs is 1. The fourth-order valence-corrected chi connectivity index (χ4v) is 1.92. The first-order valence-electron chi connectivity index (χ1n) is 6.04. The Labute approximate surface area is 117 Å². The molecule has 0 atom stereocenters. The number of nitrogens with zero attached hydrogens (tertiary/aromatic N) is 3. The summed E-state index contributed by atoms with van der Waals surface area (Å²) in [6.45, 7) is 1.53. The third kappa shape index (κ3) is 2.64. The zero-order valence-electron chi connectivity index (χ0n) is 10.9. The lowest BCUT2D eigenvalue weighted by Gasteiger charge is -2.13. The minimum atomic E-state index is -4.53. The summed E-state index contributed by atoms with van der Waals surface area (Å²) in [6.07, 6.45) is -0.609. The first kappa shape index (κ1) is 13.3. The van der Waals surface area contributed by atoms with Crippen molar-refractivity contribution in [1.82, 2.24) is 19.9 Å². The molecule has 0 fully saturated rings. The average molecular weight is 293 g/mol. The number of hydrogen-bond donors (Lipinski definition) is 2. The van der Waals surface area contributed by atoms with Gasteiger partial charge in [0.1, 0.15) is 22.9 Å². The molecule has 0 saturated heterocycles. The van der Waals surface area contributed by atoms with Crippen LogP contribution in [0, 0.1) is 6.92 Å². The van der Waals surface area contributed by atoms with Crippen LogP contribution in [0.15, 0.2) is 30.7 Å². The SMILES string of the molecule is Cc1ncc(C(F)(F)F)c(Nc2cnc3[nH]ccc3c2)n1. The van der Waals surface area contributed by atoms with E-state index < -0.39 is 11.7 Å². The Hall–Kier alpha value is -2.64. The molecule has 8 heteroatoms. The number of nitrogens with one attached hydrogen (secondary N) is 2. The van der Waals surface area contributed by atoms with Crippen LogP contribution in [0.25, 0.3) is 11.0 Å². The number of aryl methyl sites for hydroxylation is 1. The summed E-state index contributed by atoms with van der Waals surface area (Å²) in [7, 11) is 0. The largest absolute Gasteiger partial charge is 0.421 e. The van der Waals surface area contributed by atoms with E-state index in [-0.39, 0.29) is 11.6 Å². The van der Waals surface area contributed by atoms with Crippen molar-refractivity contribution in [2.45, 2.75) is 13.1 Å². The summed E-state index contributed by atoms with van der Waals surface area (Å²) in [6, 6.07) is 3.47. The highest BCUT2D eigenvalue weighted by atomic mass is 19.4. The molecule has 0 aliphatic rings. The van der Waals surface area contributed by atoms with Crippen LogP contribution in [0.1, 0.15) is 11.4 Å². The number of rotatable bonds is 2. The molecule has 2 N–H and O–H groups in total. The number of halogens is 3. The molecule has 0 aliphatic heterocycles. The lowest BCUT2D eigenvalue weighted by Crippen LogP contribution is -2.12. The zero-order chi connectivity index (χ0) is 15.0. The fourth-order valence-electron chi connectivity index (χ4n) is 1.92. The molecular weight excluding hydrogens is 283 g/mol. The Morgan fingerprint density at radius 2 is 2.00 bits per heavy atom.